The van der Waals surface area contributed by atoms with Gasteiger partial charge in [0, 0.05) is 24.9 Å². The van der Waals surface area contributed by atoms with Crippen LogP contribution in [0.25, 0.3) is 11.1 Å². The highest BCUT2D eigenvalue weighted by atomic mass is 19.3. The number of pyridine rings is 1. The van der Waals surface area contributed by atoms with Gasteiger partial charge in [-0.3, -0.25) is 9.78 Å². The molecule has 3 aromatic rings. The Labute approximate surface area is 129 Å². The normalized spacial score (nSPS) is 13.0. The van der Waals surface area contributed by atoms with Crippen LogP contribution in [0.3, 0.4) is 0 Å². The molecular weight excluding hydrogens is 306 g/mol. The number of carbonyl (C=O) groups is 1. The van der Waals surface area contributed by atoms with Gasteiger partial charge in [-0.05, 0) is 18.2 Å². The number of halogens is 2. The summed E-state index contributed by atoms with van der Waals surface area (Å²) in [5, 5.41) is 0. The van der Waals surface area contributed by atoms with Gasteiger partial charge in [-0.1, -0.05) is 18.2 Å². The molecule has 118 valence electrons. The van der Waals surface area contributed by atoms with Gasteiger partial charge in [0.1, 0.15) is 5.52 Å². The molecule has 0 fully saturated rings. The Balaban J connectivity index is 2.07. The number of carbonyl (C=O) groups excluding carboxylic acids is 1. The van der Waals surface area contributed by atoms with Gasteiger partial charge in [0.15, 0.2) is 5.58 Å². The summed E-state index contributed by atoms with van der Waals surface area (Å²) < 4.78 is 39.7. The van der Waals surface area contributed by atoms with E-state index in [0.717, 1.165) is 6.92 Å². The van der Waals surface area contributed by atoms with E-state index >= 15 is 0 Å². The minimum Gasteiger partial charge on any atom is -0.451 e. The standard InChI is InChI=1S/C16H12F2N2O3/c1-10(21)22-14(11-5-4-8-19-9-11)16(17,18)15-20-12-6-2-3-7-13(12)23-15/h2-9,14H,1H3. The molecule has 1 unspecified atom stereocenters. The SMILES string of the molecule is CC(=O)OC(c1cccnc1)C(F)(F)c1nc2ccccc2o1. The fourth-order valence-corrected chi connectivity index (χ4v) is 2.18. The van der Waals surface area contributed by atoms with Crippen LogP contribution in [0, 0.1) is 0 Å². The second-order valence-electron chi connectivity index (χ2n) is 4.89. The van der Waals surface area contributed by atoms with Gasteiger partial charge in [0.05, 0.1) is 0 Å². The van der Waals surface area contributed by atoms with E-state index in [-0.39, 0.29) is 11.1 Å². The second-order valence-corrected chi connectivity index (χ2v) is 4.89. The zero-order valence-corrected chi connectivity index (χ0v) is 12.1. The second kappa shape index (κ2) is 5.75. The summed E-state index contributed by atoms with van der Waals surface area (Å²) in [5.74, 6) is -5.29. The summed E-state index contributed by atoms with van der Waals surface area (Å²) in [6.07, 6.45) is 0.776. The van der Waals surface area contributed by atoms with Crippen LogP contribution in [-0.4, -0.2) is 15.9 Å². The fourth-order valence-electron chi connectivity index (χ4n) is 2.18. The van der Waals surface area contributed by atoms with Crippen LogP contribution < -0.4 is 0 Å². The molecule has 0 radical (unpaired) electrons. The van der Waals surface area contributed by atoms with Crippen LogP contribution in [0.5, 0.6) is 0 Å². The molecule has 0 spiro atoms. The van der Waals surface area contributed by atoms with E-state index in [4.69, 9.17) is 9.15 Å². The van der Waals surface area contributed by atoms with Gasteiger partial charge in [-0.15, -0.1) is 0 Å². The molecule has 1 aromatic carbocycles. The quantitative estimate of drug-likeness (QED) is 0.687. The van der Waals surface area contributed by atoms with E-state index < -0.39 is 23.9 Å². The molecule has 2 heterocycles. The zero-order valence-electron chi connectivity index (χ0n) is 12.1. The van der Waals surface area contributed by atoms with Crippen molar-refractivity contribution < 1.29 is 22.7 Å². The third-order valence-electron chi connectivity index (χ3n) is 3.18. The molecule has 0 aliphatic heterocycles. The van der Waals surface area contributed by atoms with E-state index in [2.05, 4.69) is 9.97 Å². The maximum atomic E-state index is 14.8. The van der Waals surface area contributed by atoms with Crippen molar-refractivity contribution in [3.05, 3.63) is 60.2 Å². The van der Waals surface area contributed by atoms with Crippen LogP contribution in [0.2, 0.25) is 0 Å². The molecule has 0 aliphatic rings. The van der Waals surface area contributed by atoms with Crippen LogP contribution in [0.4, 0.5) is 8.78 Å². The van der Waals surface area contributed by atoms with Crippen molar-refractivity contribution in [2.45, 2.75) is 19.0 Å². The molecule has 5 nitrogen and oxygen atoms in total. The lowest BCUT2D eigenvalue weighted by Crippen LogP contribution is -2.28. The Morgan fingerprint density at radius 3 is 2.70 bits per heavy atom. The first-order valence-corrected chi connectivity index (χ1v) is 6.79. The number of hydrogen-bond acceptors (Lipinski definition) is 5. The number of esters is 1. The van der Waals surface area contributed by atoms with Crippen molar-refractivity contribution in [3.63, 3.8) is 0 Å². The third-order valence-corrected chi connectivity index (χ3v) is 3.18. The van der Waals surface area contributed by atoms with E-state index in [1.54, 1.807) is 18.2 Å². The van der Waals surface area contributed by atoms with E-state index in [0.29, 0.717) is 5.52 Å². The fraction of sp³-hybridized carbons (Fsp3) is 0.188. The summed E-state index contributed by atoms with van der Waals surface area (Å²) in [4.78, 5) is 18.8. The topological polar surface area (TPSA) is 65.2 Å². The van der Waals surface area contributed by atoms with Gasteiger partial charge >= 0.3 is 11.9 Å². The lowest BCUT2D eigenvalue weighted by Gasteiger charge is -2.23. The number of oxazole rings is 1. The van der Waals surface area contributed by atoms with Crippen molar-refractivity contribution in [2.75, 3.05) is 0 Å². The summed E-state index contributed by atoms with van der Waals surface area (Å²) in [6, 6.07) is 9.29. The maximum absolute atomic E-state index is 14.8. The first kappa shape index (κ1) is 15.1. The van der Waals surface area contributed by atoms with Crippen molar-refractivity contribution in [3.8, 4) is 0 Å². The van der Waals surface area contributed by atoms with Gasteiger partial charge in [0.25, 0.3) is 5.89 Å². The van der Waals surface area contributed by atoms with Gasteiger partial charge < -0.3 is 9.15 Å². The minimum absolute atomic E-state index is 0.0509. The van der Waals surface area contributed by atoms with E-state index in [9.17, 15) is 13.6 Å². The molecule has 0 saturated heterocycles. The van der Waals surface area contributed by atoms with Crippen molar-refractivity contribution in [1.82, 2.24) is 9.97 Å². The van der Waals surface area contributed by atoms with Gasteiger partial charge in [-0.25, -0.2) is 4.98 Å². The van der Waals surface area contributed by atoms with Crippen LogP contribution in [-0.2, 0) is 15.5 Å². The Morgan fingerprint density at radius 1 is 1.26 bits per heavy atom. The minimum atomic E-state index is -3.65. The molecule has 0 bridgehead atoms. The Morgan fingerprint density at radius 2 is 2.04 bits per heavy atom. The average molecular weight is 318 g/mol. The van der Waals surface area contributed by atoms with Crippen LogP contribution >= 0.6 is 0 Å². The Hall–Kier alpha value is -2.83. The van der Waals surface area contributed by atoms with Crippen LogP contribution in [0.1, 0.15) is 24.5 Å². The predicted molar refractivity (Wildman–Crippen MR) is 76.6 cm³/mol. The number of alkyl halides is 2. The highest BCUT2D eigenvalue weighted by Gasteiger charge is 2.49. The summed E-state index contributed by atoms with van der Waals surface area (Å²) in [6.45, 7) is 1.06. The van der Waals surface area contributed by atoms with Crippen molar-refractivity contribution in [1.29, 1.82) is 0 Å². The van der Waals surface area contributed by atoms with Crippen LogP contribution in [0.15, 0.2) is 53.2 Å². The summed E-state index contributed by atoms with van der Waals surface area (Å²) >= 11 is 0. The monoisotopic (exact) mass is 318 g/mol. The lowest BCUT2D eigenvalue weighted by atomic mass is 10.1. The number of fused-ring (bicyclic) bond motifs is 1. The first-order chi connectivity index (χ1) is 11.0. The average Bonchev–Trinajstić information content (AvgIpc) is 2.98. The van der Waals surface area contributed by atoms with Gasteiger partial charge in [-0.2, -0.15) is 8.78 Å². The summed E-state index contributed by atoms with van der Waals surface area (Å²) in [7, 11) is 0. The van der Waals surface area contributed by atoms with Crippen molar-refractivity contribution in [2.24, 2.45) is 0 Å². The molecule has 7 heteroatoms. The first-order valence-electron chi connectivity index (χ1n) is 6.79. The van der Waals surface area contributed by atoms with Gasteiger partial charge in [0.2, 0.25) is 6.10 Å². The van der Waals surface area contributed by atoms with E-state index in [1.165, 1.54) is 30.6 Å². The Kier molecular flexibility index (Phi) is 3.77. The number of hydrogen-bond donors (Lipinski definition) is 0. The number of aromatic nitrogens is 2. The number of ether oxygens (including phenoxy) is 1. The highest BCUT2D eigenvalue weighted by molar-refractivity contribution is 5.72. The number of rotatable bonds is 4. The highest BCUT2D eigenvalue weighted by Crippen LogP contribution is 2.43. The smallest absolute Gasteiger partial charge is 0.362 e. The number of nitrogens with zero attached hydrogens (tertiary/aromatic N) is 2. The molecular formula is C16H12F2N2O3. The third kappa shape index (κ3) is 2.90. The molecule has 0 aliphatic carbocycles. The molecule has 23 heavy (non-hydrogen) atoms. The Bertz CT molecular complexity index is 800. The molecule has 3 rings (SSSR count). The van der Waals surface area contributed by atoms with Crippen molar-refractivity contribution >= 4 is 17.1 Å². The maximum Gasteiger partial charge on any atom is 0.362 e. The molecule has 0 saturated carbocycles. The summed E-state index contributed by atoms with van der Waals surface area (Å²) in [5.41, 5.74) is 0.583. The molecule has 0 N–H and O–H groups in total. The van der Waals surface area contributed by atoms with E-state index in [1.807, 2.05) is 0 Å². The molecule has 2 aromatic heterocycles. The number of para-hydroxylation sites is 2. The predicted octanol–water partition coefficient (Wildman–Crippen LogP) is 3.62. The number of benzene rings is 1. The zero-order chi connectivity index (χ0) is 16.4. The molecule has 0 amide bonds. The largest absolute Gasteiger partial charge is 0.451 e. The molecule has 1 atom stereocenters. The lowest BCUT2D eigenvalue weighted by molar-refractivity contribution is -0.181.